The van der Waals surface area contributed by atoms with Crippen LogP contribution in [-0.4, -0.2) is 63.2 Å². The molecule has 0 spiro atoms. The fraction of sp³-hybridized carbons (Fsp3) is 0.381. The number of carbonyl (C=O) groups excluding carboxylic acids is 1. The Balaban J connectivity index is 1.42. The van der Waals surface area contributed by atoms with Crippen LogP contribution in [0.5, 0.6) is 5.75 Å². The first-order valence-electron chi connectivity index (χ1n) is 10.0. The van der Waals surface area contributed by atoms with Crippen molar-refractivity contribution in [2.75, 3.05) is 32.7 Å². The number of nitrogens with one attached hydrogen (secondary N) is 1. The Morgan fingerprint density at radius 1 is 0.969 bits per heavy atom. The molecule has 0 radical (unpaired) electrons. The Morgan fingerprint density at radius 3 is 2.19 bits per heavy atom. The summed E-state index contributed by atoms with van der Waals surface area (Å²) in [5.74, 6) is -0.668. The zero-order chi connectivity index (χ0) is 23.2. The lowest BCUT2D eigenvalue weighted by atomic mass is 10.2. The number of halogens is 3. The standard InChI is InChI=1S/C21H24F3N3O4S/c22-21(23,24)31-18-6-8-19(9-7-18)32(29,30)25-11-10-20(28)27-14-12-26(13-15-27)16-17-4-2-1-3-5-17/h1-9,25H,10-16H2. The first-order valence-corrected chi connectivity index (χ1v) is 11.5. The predicted molar refractivity (Wildman–Crippen MR) is 111 cm³/mol. The number of piperazine rings is 1. The average molecular weight is 472 g/mol. The lowest BCUT2D eigenvalue weighted by molar-refractivity contribution is -0.274. The Morgan fingerprint density at radius 2 is 1.59 bits per heavy atom. The summed E-state index contributed by atoms with van der Waals surface area (Å²) in [6.07, 6.45) is -4.86. The summed E-state index contributed by atoms with van der Waals surface area (Å²) in [6.45, 7) is 3.32. The normalized spacial score (nSPS) is 15.5. The van der Waals surface area contributed by atoms with Gasteiger partial charge >= 0.3 is 6.36 Å². The van der Waals surface area contributed by atoms with Gasteiger partial charge in [0.2, 0.25) is 15.9 Å². The molecular formula is C21H24F3N3O4S. The molecule has 1 aliphatic heterocycles. The highest BCUT2D eigenvalue weighted by Crippen LogP contribution is 2.23. The summed E-state index contributed by atoms with van der Waals surface area (Å²) in [6, 6.07) is 13.9. The van der Waals surface area contributed by atoms with Gasteiger partial charge in [-0.2, -0.15) is 0 Å². The van der Waals surface area contributed by atoms with Crippen LogP contribution < -0.4 is 9.46 Å². The Bertz CT molecular complexity index is 991. The molecule has 32 heavy (non-hydrogen) atoms. The quantitative estimate of drug-likeness (QED) is 0.641. The van der Waals surface area contributed by atoms with Gasteiger partial charge in [-0.25, -0.2) is 13.1 Å². The zero-order valence-electron chi connectivity index (χ0n) is 17.2. The molecule has 0 unspecified atom stereocenters. The predicted octanol–water partition coefficient (Wildman–Crippen LogP) is 2.60. The van der Waals surface area contributed by atoms with Crippen molar-refractivity contribution in [3.05, 3.63) is 60.2 Å². The van der Waals surface area contributed by atoms with Crippen LogP contribution >= 0.6 is 0 Å². The number of ether oxygens (including phenoxy) is 1. The van der Waals surface area contributed by atoms with Crippen LogP contribution in [0.25, 0.3) is 0 Å². The minimum atomic E-state index is -4.86. The smallest absolute Gasteiger partial charge is 0.406 e. The number of hydrogen-bond donors (Lipinski definition) is 1. The molecule has 0 aromatic heterocycles. The van der Waals surface area contributed by atoms with Crippen LogP contribution in [0.15, 0.2) is 59.5 Å². The van der Waals surface area contributed by atoms with Crippen LogP contribution in [0.4, 0.5) is 13.2 Å². The lowest BCUT2D eigenvalue weighted by Crippen LogP contribution is -2.48. The molecular weight excluding hydrogens is 447 g/mol. The molecule has 0 atom stereocenters. The third-order valence-corrected chi connectivity index (χ3v) is 6.45. The number of sulfonamides is 1. The Hall–Kier alpha value is -2.63. The van der Waals surface area contributed by atoms with E-state index < -0.39 is 22.1 Å². The average Bonchev–Trinajstić information content (AvgIpc) is 2.74. The summed E-state index contributed by atoms with van der Waals surface area (Å²) >= 11 is 0. The van der Waals surface area contributed by atoms with Gasteiger partial charge < -0.3 is 9.64 Å². The molecule has 0 bridgehead atoms. The van der Waals surface area contributed by atoms with E-state index in [1.54, 1.807) is 4.90 Å². The van der Waals surface area contributed by atoms with Crippen LogP contribution in [0.2, 0.25) is 0 Å². The van der Waals surface area contributed by atoms with Gasteiger partial charge in [0.05, 0.1) is 4.90 Å². The summed E-state index contributed by atoms with van der Waals surface area (Å²) in [4.78, 5) is 16.2. The van der Waals surface area contributed by atoms with Gasteiger partial charge in [0.1, 0.15) is 5.75 Å². The van der Waals surface area contributed by atoms with E-state index in [0.717, 1.165) is 43.9 Å². The Labute approximate surface area is 184 Å². The molecule has 1 amide bonds. The largest absolute Gasteiger partial charge is 0.573 e. The SMILES string of the molecule is O=C(CCNS(=O)(=O)c1ccc(OC(F)(F)F)cc1)N1CCN(Cc2ccccc2)CC1. The van der Waals surface area contributed by atoms with E-state index in [-0.39, 0.29) is 23.8 Å². The molecule has 2 aromatic carbocycles. The van der Waals surface area contributed by atoms with Gasteiger partial charge in [-0.05, 0) is 29.8 Å². The molecule has 11 heteroatoms. The zero-order valence-corrected chi connectivity index (χ0v) is 18.0. The van der Waals surface area contributed by atoms with Gasteiger partial charge in [0, 0.05) is 45.7 Å². The summed E-state index contributed by atoms with van der Waals surface area (Å²) < 4.78 is 67.2. The fourth-order valence-corrected chi connectivity index (χ4v) is 4.38. The van der Waals surface area contributed by atoms with E-state index in [1.165, 1.54) is 5.56 Å². The van der Waals surface area contributed by atoms with Crippen LogP contribution in [0.1, 0.15) is 12.0 Å². The fourth-order valence-electron chi connectivity index (χ4n) is 3.35. The van der Waals surface area contributed by atoms with Gasteiger partial charge in [-0.15, -0.1) is 13.2 Å². The van der Waals surface area contributed by atoms with Gasteiger partial charge in [0.15, 0.2) is 0 Å². The molecule has 0 saturated carbocycles. The summed E-state index contributed by atoms with van der Waals surface area (Å²) in [5, 5.41) is 0. The lowest BCUT2D eigenvalue weighted by Gasteiger charge is -2.34. The maximum Gasteiger partial charge on any atom is 0.573 e. The second kappa shape index (κ2) is 10.3. The van der Waals surface area contributed by atoms with Gasteiger partial charge in [-0.3, -0.25) is 9.69 Å². The monoisotopic (exact) mass is 471 g/mol. The van der Waals surface area contributed by atoms with E-state index in [0.29, 0.717) is 13.1 Å². The minimum Gasteiger partial charge on any atom is -0.406 e. The number of nitrogens with zero attached hydrogens (tertiary/aromatic N) is 2. The van der Waals surface area contributed by atoms with E-state index in [1.807, 2.05) is 18.2 Å². The van der Waals surface area contributed by atoms with Crippen LogP contribution in [0.3, 0.4) is 0 Å². The van der Waals surface area contributed by atoms with Crippen molar-refractivity contribution in [3.63, 3.8) is 0 Å². The van der Waals surface area contributed by atoms with Crippen molar-refractivity contribution in [1.29, 1.82) is 0 Å². The molecule has 0 aliphatic carbocycles. The van der Waals surface area contributed by atoms with E-state index in [2.05, 4.69) is 26.5 Å². The minimum absolute atomic E-state index is 0.00676. The van der Waals surface area contributed by atoms with E-state index in [9.17, 15) is 26.4 Å². The summed E-state index contributed by atoms with van der Waals surface area (Å²) in [5.41, 5.74) is 1.21. The van der Waals surface area contributed by atoms with Crippen molar-refractivity contribution in [3.8, 4) is 5.75 Å². The number of amides is 1. The molecule has 1 heterocycles. The summed E-state index contributed by atoms with van der Waals surface area (Å²) in [7, 11) is -3.96. The molecule has 7 nitrogen and oxygen atoms in total. The van der Waals surface area contributed by atoms with Crippen molar-refractivity contribution in [2.24, 2.45) is 0 Å². The first-order chi connectivity index (χ1) is 15.1. The molecule has 1 aliphatic rings. The molecule has 3 rings (SSSR count). The molecule has 2 aromatic rings. The number of alkyl halides is 3. The third-order valence-electron chi connectivity index (χ3n) is 4.97. The van der Waals surface area contributed by atoms with Gasteiger partial charge in [-0.1, -0.05) is 30.3 Å². The molecule has 174 valence electrons. The molecule has 1 N–H and O–H groups in total. The highest BCUT2D eigenvalue weighted by Gasteiger charge is 2.31. The van der Waals surface area contributed by atoms with Crippen molar-refractivity contribution < 1.29 is 31.1 Å². The second-order valence-corrected chi connectivity index (χ2v) is 9.08. The highest BCUT2D eigenvalue weighted by molar-refractivity contribution is 7.89. The molecule has 1 saturated heterocycles. The van der Waals surface area contributed by atoms with Crippen molar-refractivity contribution in [2.45, 2.75) is 24.2 Å². The third kappa shape index (κ3) is 7.21. The second-order valence-electron chi connectivity index (χ2n) is 7.31. The number of rotatable bonds is 8. The van der Waals surface area contributed by atoms with Crippen molar-refractivity contribution in [1.82, 2.24) is 14.5 Å². The number of hydrogen-bond acceptors (Lipinski definition) is 5. The van der Waals surface area contributed by atoms with Crippen molar-refractivity contribution >= 4 is 15.9 Å². The van der Waals surface area contributed by atoms with Crippen LogP contribution in [0, 0.1) is 0 Å². The number of benzene rings is 2. The highest BCUT2D eigenvalue weighted by atomic mass is 32.2. The van der Waals surface area contributed by atoms with E-state index in [4.69, 9.17) is 0 Å². The van der Waals surface area contributed by atoms with Gasteiger partial charge in [0.25, 0.3) is 0 Å². The first kappa shape index (κ1) is 24.0. The van der Waals surface area contributed by atoms with Crippen LogP contribution in [-0.2, 0) is 21.4 Å². The molecule has 1 fully saturated rings. The maximum atomic E-state index is 12.4. The topological polar surface area (TPSA) is 78.9 Å². The number of carbonyl (C=O) groups is 1. The maximum absolute atomic E-state index is 12.4. The Kier molecular flexibility index (Phi) is 7.75. The van der Waals surface area contributed by atoms with E-state index >= 15 is 0 Å².